The molecule has 0 atom stereocenters. The summed E-state index contributed by atoms with van der Waals surface area (Å²) in [6.45, 7) is 0. The van der Waals surface area contributed by atoms with E-state index in [0.717, 1.165) is 0 Å². The molecular weight excluding hydrogens is 248 g/mol. The first-order valence-electron chi connectivity index (χ1n) is 4.49. The molecule has 0 bridgehead atoms. The zero-order chi connectivity index (χ0) is 12.4. The van der Waals surface area contributed by atoms with Crippen molar-refractivity contribution < 1.29 is 14.6 Å². The standard InChI is InChI=1S/C9H7ClN4O3/c1-14-4-11-9(13-14)17-7-3-5(8(15)16)2-6(10)12-7/h2-4H,1H3,(H,15,16). The Morgan fingerprint density at radius 2 is 2.29 bits per heavy atom. The van der Waals surface area contributed by atoms with Gasteiger partial charge < -0.3 is 9.84 Å². The van der Waals surface area contributed by atoms with Crippen molar-refractivity contribution in [2.45, 2.75) is 0 Å². The summed E-state index contributed by atoms with van der Waals surface area (Å²) in [5, 5.41) is 12.7. The van der Waals surface area contributed by atoms with Crippen LogP contribution in [0.15, 0.2) is 18.5 Å². The number of carboxylic acids is 1. The Bertz CT molecular complexity index is 569. The van der Waals surface area contributed by atoms with Crippen molar-refractivity contribution in [3.8, 4) is 11.9 Å². The Balaban J connectivity index is 2.29. The molecule has 0 radical (unpaired) electrons. The van der Waals surface area contributed by atoms with E-state index < -0.39 is 5.97 Å². The lowest BCUT2D eigenvalue weighted by molar-refractivity contribution is 0.0696. The average Bonchev–Trinajstić information content (AvgIpc) is 2.63. The van der Waals surface area contributed by atoms with E-state index in [1.807, 2.05) is 0 Å². The van der Waals surface area contributed by atoms with Gasteiger partial charge in [0, 0.05) is 13.1 Å². The maximum Gasteiger partial charge on any atom is 0.342 e. The van der Waals surface area contributed by atoms with Crippen molar-refractivity contribution >= 4 is 17.6 Å². The van der Waals surface area contributed by atoms with Crippen molar-refractivity contribution in [3.63, 3.8) is 0 Å². The predicted octanol–water partition coefficient (Wildman–Crippen LogP) is 1.35. The second kappa shape index (κ2) is 4.38. The van der Waals surface area contributed by atoms with Crippen LogP contribution in [0.1, 0.15) is 10.4 Å². The molecule has 0 aromatic carbocycles. The smallest absolute Gasteiger partial charge is 0.342 e. The summed E-state index contributed by atoms with van der Waals surface area (Å²) in [4.78, 5) is 18.4. The summed E-state index contributed by atoms with van der Waals surface area (Å²) >= 11 is 5.67. The maximum atomic E-state index is 10.8. The molecular formula is C9H7ClN4O3. The summed E-state index contributed by atoms with van der Waals surface area (Å²) in [5.74, 6) is -1.09. The van der Waals surface area contributed by atoms with Gasteiger partial charge in [-0.1, -0.05) is 11.6 Å². The van der Waals surface area contributed by atoms with Gasteiger partial charge in [0.15, 0.2) is 0 Å². The molecule has 7 nitrogen and oxygen atoms in total. The Hall–Kier alpha value is -2.15. The molecule has 2 rings (SSSR count). The van der Waals surface area contributed by atoms with E-state index in [2.05, 4.69) is 15.1 Å². The van der Waals surface area contributed by atoms with E-state index in [4.69, 9.17) is 21.4 Å². The molecule has 0 aliphatic heterocycles. The number of aromatic nitrogens is 4. The van der Waals surface area contributed by atoms with Crippen LogP contribution in [0, 0.1) is 0 Å². The quantitative estimate of drug-likeness (QED) is 0.832. The normalized spacial score (nSPS) is 10.2. The summed E-state index contributed by atoms with van der Waals surface area (Å²) in [6, 6.07) is 2.53. The number of halogens is 1. The van der Waals surface area contributed by atoms with Gasteiger partial charge in [0.1, 0.15) is 11.5 Å². The van der Waals surface area contributed by atoms with E-state index in [9.17, 15) is 4.79 Å². The van der Waals surface area contributed by atoms with Gasteiger partial charge in [-0.05, 0) is 6.07 Å². The minimum absolute atomic E-state index is 0.0177. The number of carbonyl (C=O) groups is 1. The predicted molar refractivity (Wildman–Crippen MR) is 57.3 cm³/mol. The Labute approximate surface area is 101 Å². The molecule has 0 saturated carbocycles. The molecule has 0 aliphatic rings. The number of hydrogen-bond acceptors (Lipinski definition) is 5. The minimum atomic E-state index is -1.12. The summed E-state index contributed by atoms with van der Waals surface area (Å²) in [6.07, 6.45) is 1.44. The number of hydrogen-bond donors (Lipinski definition) is 1. The van der Waals surface area contributed by atoms with E-state index in [1.165, 1.54) is 23.1 Å². The third kappa shape index (κ3) is 2.70. The maximum absolute atomic E-state index is 10.8. The molecule has 0 unspecified atom stereocenters. The third-order valence-electron chi connectivity index (χ3n) is 1.79. The van der Waals surface area contributed by atoms with Crippen molar-refractivity contribution in [1.82, 2.24) is 19.7 Å². The number of pyridine rings is 1. The highest BCUT2D eigenvalue weighted by molar-refractivity contribution is 6.29. The molecule has 17 heavy (non-hydrogen) atoms. The monoisotopic (exact) mass is 254 g/mol. The molecule has 2 aromatic heterocycles. The first-order chi connectivity index (χ1) is 8.04. The third-order valence-corrected chi connectivity index (χ3v) is 1.99. The number of aromatic carboxylic acids is 1. The molecule has 0 fully saturated rings. The SMILES string of the molecule is Cn1cnc(Oc2cc(C(=O)O)cc(Cl)n2)n1. The second-order valence-electron chi connectivity index (χ2n) is 3.12. The fraction of sp³-hybridized carbons (Fsp3) is 0.111. The van der Waals surface area contributed by atoms with Gasteiger partial charge in [-0.25, -0.2) is 9.78 Å². The van der Waals surface area contributed by atoms with Crippen LogP contribution in [0.4, 0.5) is 0 Å². The van der Waals surface area contributed by atoms with Crippen LogP contribution in [0.2, 0.25) is 5.15 Å². The summed E-state index contributed by atoms with van der Waals surface area (Å²) in [7, 11) is 1.67. The van der Waals surface area contributed by atoms with Crippen molar-refractivity contribution in [2.75, 3.05) is 0 Å². The lowest BCUT2D eigenvalue weighted by atomic mass is 10.3. The van der Waals surface area contributed by atoms with E-state index >= 15 is 0 Å². The van der Waals surface area contributed by atoms with E-state index in [0.29, 0.717) is 0 Å². The van der Waals surface area contributed by atoms with Crippen LogP contribution in [0.25, 0.3) is 0 Å². The van der Waals surface area contributed by atoms with Crippen LogP contribution < -0.4 is 4.74 Å². The highest BCUT2D eigenvalue weighted by Gasteiger charge is 2.10. The Morgan fingerprint density at radius 3 is 2.88 bits per heavy atom. The molecule has 1 N–H and O–H groups in total. The topological polar surface area (TPSA) is 90.1 Å². The Morgan fingerprint density at radius 1 is 1.53 bits per heavy atom. The van der Waals surface area contributed by atoms with Crippen molar-refractivity contribution in [1.29, 1.82) is 0 Å². The molecule has 8 heteroatoms. The number of nitrogens with zero attached hydrogens (tertiary/aromatic N) is 4. The van der Waals surface area contributed by atoms with Crippen LogP contribution in [0.5, 0.6) is 11.9 Å². The summed E-state index contributed by atoms with van der Waals surface area (Å²) in [5.41, 5.74) is -0.0177. The molecule has 0 spiro atoms. The highest BCUT2D eigenvalue weighted by atomic mass is 35.5. The van der Waals surface area contributed by atoms with Gasteiger partial charge in [0.25, 0.3) is 0 Å². The van der Waals surface area contributed by atoms with E-state index in [1.54, 1.807) is 7.05 Å². The first-order valence-corrected chi connectivity index (χ1v) is 4.87. The highest BCUT2D eigenvalue weighted by Crippen LogP contribution is 2.20. The zero-order valence-corrected chi connectivity index (χ0v) is 9.42. The average molecular weight is 255 g/mol. The van der Waals surface area contributed by atoms with Crippen LogP contribution in [-0.4, -0.2) is 30.8 Å². The second-order valence-corrected chi connectivity index (χ2v) is 3.51. The van der Waals surface area contributed by atoms with Gasteiger partial charge >= 0.3 is 12.0 Å². The van der Waals surface area contributed by atoms with Gasteiger partial charge in [-0.15, -0.1) is 5.10 Å². The lowest BCUT2D eigenvalue weighted by Crippen LogP contribution is -1.99. The molecule has 88 valence electrons. The van der Waals surface area contributed by atoms with Crippen molar-refractivity contribution in [2.24, 2.45) is 7.05 Å². The van der Waals surface area contributed by atoms with Gasteiger partial charge in [0.2, 0.25) is 5.88 Å². The zero-order valence-electron chi connectivity index (χ0n) is 8.66. The van der Waals surface area contributed by atoms with Gasteiger partial charge in [-0.3, -0.25) is 4.68 Å². The lowest BCUT2D eigenvalue weighted by Gasteiger charge is -2.01. The number of rotatable bonds is 3. The van der Waals surface area contributed by atoms with Gasteiger partial charge in [-0.2, -0.15) is 4.98 Å². The molecule has 0 amide bonds. The van der Waals surface area contributed by atoms with Gasteiger partial charge in [0.05, 0.1) is 5.56 Å². The fourth-order valence-corrected chi connectivity index (χ4v) is 1.31. The fourth-order valence-electron chi connectivity index (χ4n) is 1.11. The minimum Gasteiger partial charge on any atom is -0.478 e. The summed E-state index contributed by atoms with van der Waals surface area (Å²) < 4.78 is 6.61. The Kier molecular flexibility index (Phi) is 2.92. The number of carboxylic acid groups (broad SMARTS) is 1. The number of ether oxygens (including phenoxy) is 1. The van der Waals surface area contributed by atoms with Crippen LogP contribution in [0.3, 0.4) is 0 Å². The van der Waals surface area contributed by atoms with Crippen LogP contribution in [-0.2, 0) is 7.05 Å². The largest absolute Gasteiger partial charge is 0.478 e. The van der Waals surface area contributed by atoms with E-state index in [-0.39, 0.29) is 22.6 Å². The molecule has 0 aliphatic carbocycles. The molecule has 2 heterocycles. The van der Waals surface area contributed by atoms with Crippen LogP contribution >= 0.6 is 11.6 Å². The molecule has 0 saturated heterocycles. The van der Waals surface area contributed by atoms with Crippen molar-refractivity contribution in [3.05, 3.63) is 29.2 Å². The number of aryl methyl sites for hydroxylation is 1. The molecule has 2 aromatic rings. The first kappa shape index (κ1) is 11.3.